The highest BCUT2D eigenvalue weighted by molar-refractivity contribution is 8.16. The molecule has 2 heterocycles. The van der Waals surface area contributed by atoms with Crippen LogP contribution in [0.5, 0.6) is 0 Å². The van der Waals surface area contributed by atoms with Gasteiger partial charge in [-0.1, -0.05) is 30.0 Å². The minimum Gasteiger partial charge on any atom is -0.316 e. The normalized spacial score (nSPS) is 23.7. The van der Waals surface area contributed by atoms with Gasteiger partial charge in [-0.15, -0.1) is 0 Å². The fraction of sp³-hybridized carbons (Fsp3) is 0.300. The van der Waals surface area contributed by atoms with E-state index in [9.17, 15) is 39.6 Å². The van der Waals surface area contributed by atoms with Crippen molar-refractivity contribution in [3.63, 3.8) is 0 Å². The second-order valence-electron chi connectivity index (χ2n) is 7.50. The van der Waals surface area contributed by atoms with Crippen molar-refractivity contribution in [1.82, 2.24) is 0 Å². The average Bonchev–Trinajstić information content (AvgIpc) is 3.17. The molecule has 2 saturated heterocycles. The van der Waals surface area contributed by atoms with E-state index in [4.69, 9.17) is 0 Å². The Labute approximate surface area is 188 Å². The molecule has 0 N–H and O–H groups in total. The number of hydrogen-bond acceptors (Lipinski definition) is 4. The van der Waals surface area contributed by atoms with Crippen LogP contribution in [0.2, 0.25) is 0 Å². The van der Waals surface area contributed by atoms with Crippen LogP contribution in [0.4, 0.5) is 32.0 Å². The summed E-state index contributed by atoms with van der Waals surface area (Å²) in [7, 11) is -3.57. The van der Waals surface area contributed by atoms with Crippen LogP contribution in [-0.4, -0.2) is 42.3 Å². The monoisotopic (exact) mass is 508 g/mol. The largest absolute Gasteiger partial charge is 0.416 e. The van der Waals surface area contributed by atoms with Crippen molar-refractivity contribution in [2.24, 2.45) is 4.99 Å². The smallest absolute Gasteiger partial charge is 0.316 e. The zero-order valence-electron chi connectivity index (χ0n) is 16.4. The predicted octanol–water partition coefficient (Wildman–Crippen LogP) is 4.64. The van der Waals surface area contributed by atoms with Crippen molar-refractivity contribution in [2.75, 3.05) is 16.4 Å². The molecule has 4 rings (SSSR count). The Morgan fingerprint density at radius 1 is 0.939 bits per heavy atom. The number of halogens is 6. The second kappa shape index (κ2) is 8.05. The van der Waals surface area contributed by atoms with Crippen molar-refractivity contribution in [3.05, 3.63) is 65.2 Å². The van der Waals surface area contributed by atoms with Gasteiger partial charge < -0.3 is 4.90 Å². The highest BCUT2D eigenvalue weighted by Gasteiger charge is 2.50. The maximum Gasteiger partial charge on any atom is 0.416 e. The number of amides is 1. The number of carbonyl (C=O) groups is 1. The van der Waals surface area contributed by atoms with Gasteiger partial charge in [0, 0.05) is 16.5 Å². The molecule has 0 spiro atoms. The zero-order valence-corrected chi connectivity index (χ0v) is 18.0. The van der Waals surface area contributed by atoms with E-state index in [0.29, 0.717) is 12.1 Å². The van der Waals surface area contributed by atoms with Crippen LogP contribution in [0.3, 0.4) is 0 Å². The number of alkyl halides is 6. The topological polar surface area (TPSA) is 66.8 Å². The average molecular weight is 508 g/mol. The number of thioether (sulfide) groups is 1. The lowest BCUT2D eigenvalue weighted by molar-refractivity contribution is -0.143. The van der Waals surface area contributed by atoms with E-state index >= 15 is 0 Å². The van der Waals surface area contributed by atoms with E-state index < -0.39 is 62.0 Å². The summed E-state index contributed by atoms with van der Waals surface area (Å²) in [4.78, 5) is 17.5. The van der Waals surface area contributed by atoms with E-state index in [0.717, 1.165) is 16.7 Å². The molecule has 5 nitrogen and oxygen atoms in total. The molecule has 2 fully saturated rings. The summed E-state index contributed by atoms with van der Waals surface area (Å²) < 4.78 is 104. The number of aliphatic imine (C=N–C) groups is 1. The van der Waals surface area contributed by atoms with Gasteiger partial charge in [0.15, 0.2) is 15.0 Å². The first-order valence-electron chi connectivity index (χ1n) is 9.38. The van der Waals surface area contributed by atoms with Gasteiger partial charge in [-0.3, -0.25) is 4.79 Å². The Hall–Kier alpha value is -2.54. The maximum absolute atomic E-state index is 13.4. The van der Waals surface area contributed by atoms with Crippen LogP contribution in [0.25, 0.3) is 0 Å². The predicted molar refractivity (Wildman–Crippen MR) is 111 cm³/mol. The third-order valence-electron chi connectivity index (χ3n) is 5.14. The quantitative estimate of drug-likeness (QED) is 0.553. The number of rotatable bonds is 2. The molecule has 0 aliphatic carbocycles. The number of fused-ring (bicyclic) bond motifs is 1. The molecular formula is C20H14F6N2O3S2. The lowest BCUT2D eigenvalue weighted by atomic mass is 10.1. The van der Waals surface area contributed by atoms with Crippen LogP contribution in [0, 0.1) is 0 Å². The summed E-state index contributed by atoms with van der Waals surface area (Å²) in [6, 6.07) is 7.72. The van der Waals surface area contributed by atoms with E-state index in [1.165, 1.54) is 12.1 Å². The number of anilines is 1. The highest BCUT2D eigenvalue weighted by Crippen LogP contribution is 2.44. The Kier molecular flexibility index (Phi) is 5.76. The van der Waals surface area contributed by atoms with Crippen molar-refractivity contribution in [1.29, 1.82) is 0 Å². The highest BCUT2D eigenvalue weighted by atomic mass is 32.2. The van der Waals surface area contributed by atoms with Crippen molar-refractivity contribution >= 4 is 38.4 Å². The van der Waals surface area contributed by atoms with Gasteiger partial charge in [-0.2, -0.15) is 31.3 Å². The van der Waals surface area contributed by atoms with Gasteiger partial charge in [0.2, 0.25) is 0 Å². The van der Waals surface area contributed by atoms with Gasteiger partial charge in [-0.25, -0.2) is 8.42 Å². The molecule has 2 atom stereocenters. The zero-order chi connectivity index (χ0) is 24.2. The number of amidine groups is 1. The summed E-state index contributed by atoms with van der Waals surface area (Å²) in [6.45, 7) is 0. The molecule has 1 amide bonds. The van der Waals surface area contributed by atoms with Gasteiger partial charge >= 0.3 is 12.4 Å². The summed E-state index contributed by atoms with van der Waals surface area (Å²) >= 11 is 0.850. The summed E-state index contributed by atoms with van der Waals surface area (Å²) in [6.07, 6.45) is -10.2. The molecule has 0 saturated carbocycles. The number of benzene rings is 2. The third kappa shape index (κ3) is 4.88. The van der Waals surface area contributed by atoms with Crippen LogP contribution in [-0.2, 0) is 22.2 Å². The van der Waals surface area contributed by atoms with Crippen molar-refractivity contribution < 1.29 is 39.6 Å². The molecule has 0 bridgehead atoms. The van der Waals surface area contributed by atoms with E-state index in [1.54, 1.807) is 18.2 Å². The molecule has 0 unspecified atom stereocenters. The van der Waals surface area contributed by atoms with Crippen molar-refractivity contribution in [2.45, 2.75) is 23.6 Å². The molecule has 0 radical (unpaired) electrons. The number of sulfone groups is 1. The van der Waals surface area contributed by atoms with Gasteiger partial charge in [0.25, 0.3) is 5.91 Å². The molecule has 13 heteroatoms. The lowest BCUT2D eigenvalue weighted by Crippen LogP contribution is -2.38. The van der Waals surface area contributed by atoms with E-state index in [-0.39, 0.29) is 22.6 Å². The van der Waals surface area contributed by atoms with Gasteiger partial charge in [-0.05, 0) is 30.3 Å². The maximum atomic E-state index is 13.4. The van der Waals surface area contributed by atoms with Crippen molar-refractivity contribution in [3.8, 4) is 0 Å². The fourth-order valence-corrected chi connectivity index (χ4v) is 7.59. The second-order valence-corrected chi connectivity index (χ2v) is 10.9. The molecule has 33 heavy (non-hydrogen) atoms. The lowest BCUT2D eigenvalue weighted by Gasteiger charge is -2.26. The first-order valence-corrected chi connectivity index (χ1v) is 12.1. The molecule has 2 aromatic rings. The standard InChI is InChI=1S/C20H14F6N2O3S2/c21-19(22,23)12-6-13(20(24,25)26)8-14(7-12)28-15-9-33(30,31)10-16(15)32-18(28)27-17(29)11-4-2-1-3-5-11/h1-8,15-16H,9-10H2/t15-,16-/m1/s1. The first-order chi connectivity index (χ1) is 15.2. The first kappa shape index (κ1) is 23.6. The number of nitrogens with zero attached hydrogens (tertiary/aromatic N) is 2. The SMILES string of the molecule is O=C(N=C1S[C@@H]2CS(=O)(=O)C[C@H]2N1c1cc(C(F)(F)F)cc(C(F)(F)F)c1)c1ccccc1. The minimum atomic E-state index is -5.08. The van der Waals surface area contributed by atoms with Gasteiger partial charge in [0.05, 0.1) is 28.7 Å². The van der Waals surface area contributed by atoms with Crippen LogP contribution >= 0.6 is 11.8 Å². The molecule has 2 aromatic carbocycles. The Balaban J connectivity index is 1.85. The summed E-state index contributed by atoms with van der Waals surface area (Å²) in [5.74, 6) is -1.57. The molecule has 176 valence electrons. The minimum absolute atomic E-state index is 0.0124. The molecule has 0 aromatic heterocycles. The molecule has 2 aliphatic heterocycles. The van der Waals surface area contributed by atoms with Crippen LogP contribution in [0.1, 0.15) is 21.5 Å². The third-order valence-corrected chi connectivity index (χ3v) is 8.34. The molecule has 2 aliphatic rings. The van der Waals surface area contributed by atoms with Crippen LogP contribution < -0.4 is 4.90 Å². The Morgan fingerprint density at radius 3 is 2.06 bits per heavy atom. The van der Waals surface area contributed by atoms with Gasteiger partial charge in [0.1, 0.15) is 0 Å². The van der Waals surface area contributed by atoms with E-state index in [2.05, 4.69) is 4.99 Å². The molecular weight excluding hydrogens is 494 g/mol. The Morgan fingerprint density at radius 2 is 1.52 bits per heavy atom. The summed E-state index contributed by atoms with van der Waals surface area (Å²) in [5.41, 5.74) is -3.46. The fourth-order valence-electron chi connectivity index (χ4n) is 3.68. The summed E-state index contributed by atoms with van der Waals surface area (Å²) in [5, 5.41) is -0.845. The van der Waals surface area contributed by atoms with Crippen LogP contribution in [0.15, 0.2) is 53.5 Å². The van der Waals surface area contributed by atoms with E-state index in [1.807, 2.05) is 0 Å². The Bertz CT molecular complexity index is 1190. The number of hydrogen-bond donors (Lipinski definition) is 0. The number of carbonyl (C=O) groups excluding carboxylic acids is 1.